The highest BCUT2D eigenvalue weighted by atomic mass is 32.1. The maximum atomic E-state index is 12.5. The fourth-order valence-electron chi connectivity index (χ4n) is 3.44. The summed E-state index contributed by atoms with van der Waals surface area (Å²) in [5, 5.41) is 0. The Morgan fingerprint density at radius 1 is 1.27 bits per heavy atom. The van der Waals surface area contributed by atoms with Crippen LogP contribution < -0.4 is 5.56 Å². The van der Waals surface area contributed by atoms with E-state index in [1.165, 1.54) is 4.88 Å². The van der Waals surface area contributed by atoms with Gasteiger partial charge in [0.2, 0.25) is 0 Å². The lowest BCUT2D eigenvalue weighted by atomic mass is 10.1. The standard InChI is InChI=1S/C20H22N4OS/c1-2-6-18-22-16-9-10-24(11-15(16)20(25)23-18)12-17-19(21-13-26-17)14-7-4-3-5-8-14/h3-5,7-8,13H,2,6,9-12H2,1H3,(H,22,23,25). The molecule has 134 valence electrons. The number of hydrogen-bond donors (Lipinski definition) is 1. The van der Waals surface area contributed by atoms with E-state index in [-0.39, 0.29) is 5.56 Å². The number of H-pyrrole nitrogens is 1. The van der Waals surface area contributed by atoms with Gasteiger partial charge >= 0.3 is 0 Å². The number of aromatic nitrogens is 3. The maximum absolute atomic E-state index is 12.5. The number of benzene rings is 1. The van der Waals surface area contributed by atoms with Gasteiger partial charge in [0.05, 0.1) is 22.5 Å². The molecule has 0 saturated heterocycles. The Kier molecular flexibility index (Phi) is 4.95. The molecule has 0 saturated carbocycles. The molecule has 0 fully saturated rings. The van der Waals surface area contributed by atoms with Crippen LogP contribution in [0.15, 0.2) is 40.6 Å². The normalized spacial score (nSPS) is 14.3. The Balaban J connectivity index is 1.54. The summed E-state index contributed by atoms with van der Waals surface area (Å²) < 4.78 is 0. The summed E-state index contributed by atoms with van der Waals surface area (Å²) in [6.45, 7) is 4.47. The molecule has 3 aromatic rings. The molecule has 26 heavy (non-hydrogen) atoms. The monoisotopic (exact) mass is 366 g/mol. The molecule has 1 N–H and O–H groups in total. The first-order chi connectivity index (χ1) is 12.7. The largest absolute Gasteiger partial charge is 0.310 e. The van der Waals surface area contributed by atoms with E-state index in [4.69, 9.17) is 0 Å². The van der Waals surface area contributed by atoms with Gasteiger partial charge < -0.3 is 4.98 Å². The molecule has 0 amide bonds. The van der Waals surface area contributed by atoms with E-state index in [2.05, 4.69) is 38.9 Å². The Bertz CT molecular complexity index is 948. The van der Waals surface area contributed by atoms with E-state index in [1.54, 1.807) is 11.3 Å². The van der Waals surface area contributed by atoms with E-state index < -0.39 is 0 Å². The Morgan fingerprint density at radius 3 is 2.92 bits per heavy atom. The topological polar surface area (TPSA) is 61.9 Å². The molecular weight excluding hydrogens is 344 g/mol. The summed E-state index contributed by atoms with van der Waals surface area (Å²) in [5.74, 6) is 0.818. The Hall–Kier alpha value is -2.31. The molecule has 4 rings (SSSR count). The Labute approximate surface area is 156 Å². The quantitative estimate of drug-likeness (QED) is 0.752. The van der Waals surface area contributed by atoms with Crippen LogP contribution in [0.4, 0.5) is 0 Å². The van der Waals surface area contributed by atoms with Crippen LogP contribution in [0.2, 0.25) is 0 Å². The number of thiazole rings is 1. The van der Waals surface area contributed by atoms with Crippen molar-refractivity contribution in [3.05, 3.63) is 68.2 Å². The number of aromatic amines is 1. The van der Waals surface area contributed by atoms with E-state index in [0.29, 0.717) is 6.54 Å². The first kappa shape index (κ1) is 17.1. The fraction of sp³-hybridized carbons (Fsp3) is 0.350. The van der Waals surface area contributed by atoms with Crippen LogP contribution in [0.5, 0.6) is 0 Å². The summed E-state index contributed by atoms with van der Waals surface area (Å²) in [6.07, 6.45) is 2.64. The van der Waals surface area contributed by atoms with Crippen LogP contribution in [-0.2, 0) is 25.9 Å². The van der Waals surface area contributed by atoms with Gasteiger partial charge in [-0.15, -0.1) is 11.3 Å². The van der Waals surface area contributed by atoms with Gasteiger partial charge in [-0.2, -0.15) is 0 Å². The number of aryl methyl sites for hydroxylation is 1. The lowest BCUT2D eigenvalue weighted by Crippen LogP contribution is -2.35. The first-order valence-corrected chi connectivity index (χ1v) is 9.93. The molecule has 3 heterocycles. The molecule has 0 radical (unpaired) electrons. The summed E-state index contributed by atoms with van der Waals surface area (Å²) in [6, 6.07) is 10.3. The fourth-order valence-corrected chi connectivity index (χ4v) is 4.26. The second-order valence-corrected chi connectivity index (χ2v) is 7.58. The first-order valence-electron chi connectivity index (χ1n) is 9.05. The third-order valence-electron chi connectivity index (χ3n) is 4.74. The summed E-state index contributed by atoms with van der Waals surface area (Å²) in [7, 11) is 0. The molecule has 0 atom stereocenters. The number of hydrogen-bond acceptors (Lipinski definition) is 5. The number of nitrogens with zero attached hydrogens (tertiary/aromatic N) is 3. The number of fused-ring (bicyclic) bond motifs is 1. The second-order valence-electron chi connectivity index (χ2n) is 6.64. The molecule has 1 aromatic carbocycles. The minimum Gasteiger partial charge on any atom is -0.310 e. The summed E-state index contributed by atoms with van der Waals surface area (Å²) in [5.41, 5.74) is 5.91. The van der Waals surface area contributed by atoms with Gasteiger partial charge in [-0.1, -0.05) is 37.3 Å². The number of rotatable bonds is 5. The molecule has 0 bridgehead atoms. The van der Waals surface area contributed by atoms with Gasteiger partial charge in [-0.25, -0.2) is 9.97 Å². The molecule has 2 aromatic heterocycles. The van der Waals surface area contributed by atoms with Crippen LogP contribution in [0, 0.1) is 0 Å². The second kappa shape index (κ2) is 7.51. The zero-order valence-electron chi connectivity index (χ0n) is 14.9. The van der Waals surface area contributed by atoms with Crippen molar-refractivity contribution in [3.63, 3.8) is 0 Å². The molecule has 6 heteroatoms. The average Bonchev–Trinajstić information content (AvgIpc) is 3.11. The van der Waals surface area contributed by atoms with Crippen molar-refractivity contribution in [2.75, 3.05) is 6.54 Å². The minimum atomic E-state index is 0.0238. The van der Waals surface area contributed by atoms with Crippen LogP contribution in [-0.4, -0.2) is 26.4 Å². The van der Waals surface area contributed by atoms with Crippen LogP contribution in [0.25, 0.3) is 11.3 Å². The molecule has 5 nitrogen and oxygen atoms in total. The van der Waals surface area contributed by atoms with Crippen molar-refractivity contribution in [2.45, 2.75) is 39.3 Å². The highest BCUT2D eigenvalue weighted by Crippen LogP contribution is 2.27. The maximum Gasteiger partial charge on any atom is 0.255 e. The summed E-state index contributed by atoms with van der Waals surface area (Å²) >= 11 is 1.68. The molecule has 0 aliphatic carbocycles. The van der Waals surface area contributed by atoms with Gasteiger partial charge in [0.1, 0.15) is 5.82 Å². The van der Waals surface area contributed by atoms with Gasteiger partial charge in [0, 0.05) is 42.9 Å². The minimum absolute atomic E-state index is 0.0238. The van der Waals surface area contributed by atoms with Crippen molar-refractivity contribution in [1.29, 1.82) is 0 Å². The van der Waals surface area contributed by atoms with Crippen LogP contribution in [0.1, 0.15) is 35.3 Å². The van der Waals surface area contributed by atoms with Crippen molar-refractivity contribution in [3.8, 4) is 11.3 Å². The SMILES string of the molecule is CCCc1nc2c(c(=O)[nH]1)CN(Cc1scnc1-c1ccccc1)CC2. The average molecular weight is 366 g/mol. The third-order valence-corrected chi connectivity index (χ3v) is 5.56. The molecule has 1 aliphatic rings. The smallest absolute Gasteiger partial charge is 0.255 e. The highest BCUT2D eigenvalue weighted by molar-refractivity contribution is 7.10. The van der Waals surface area contributed by atoms with Gasteiger partial charge in [0.15, 0.2) is 0 Å². The zero-order chi connectivity index (χ0) is 17.9. The van der Waals surface area contributed by atoms with E-state index in [0.717, 1.165) is 60.7 Å². The Morgan fingerprint density at radius 2 is 2.12 bits per heavy atom. The van der Waals surface area contributed by atoms with Crippen LogP contribution >= 0.6 is 11.3 Å². The van der Waals surface area contributed by atoms with E-state index >= 15 is 0 Å². The lowest BCUT2D eigenvalue weighted by Gasteiger charge is -2.27. The van der Waals surface area contributed by atoms with E-state index in [9.17, 15) is 4.79 Å². The van der Waals surface area contributed by atoms with Crippen LogP contribution in [0.3, 0.4) is 0 Å². The predicted molar refractivity (Wildman–Crippen MR) is 104 cm³/mol. The molecule has 0 spiro atoms. The van der Waals surface area contributed by atoms with Crippen molar-refractivity contribution in [1.82, 2.24) is 19.9 Å². The number of nitrogens with one attached hydrogen (secondary N) is 1. The molecule has 0 unspecified atom stereocenters. The molecular formula is C20H22N4OS. The van der Waals surface area contributed by atoms with Crippen molar-refractivity contribution in [2.24, 2.45) is 0 Å². The van der Waals surface area contributed by atoms with Gasteiger partial charge in [0.25, 0.3) is 5.56 Å². The third kappa shape index (κ3) is 3.48. The van der Waals surface area contributed by atoms with E-state index in [1.807, 2.05) is 23.7 Å². The predicted octanol–water partition coefficient (Wildman–Crippen LogP) is 3.40. The molecule has 1 aliphatic heterocycles. The summed E-state index contributed by atoms with van der Waals surface area (Å²) in [4.78, 5) is 28.2. The zero-order valence-corrected chi connectivity index (χ0v) is 15.7. The lowest BCUT2D eigenvalue weighted by molar-refractivity contribution is 0.243. The highest BCUT2D eigenvalue weighted by Gasteiger charge is 2.22. The van der Waals surface area contributed by atoms with Crippen molar-refractivity contribution < 1.29 is 0 Å². The van der Waals surface area contributed by atoms with Gasteiger partial charge in [-0.3, -0.25) is 9.69 Å². The van der Waals surface area contributed by atoms with Gasteiger partial charge in [-0.05, 0) is 6.42 Å². The van der Waals surface area contributed by atoms with Crippen molar-refractivity contribution >= 4 is 11.3 Å².